The van der Waals surface area contributed by atoms with E-state index in [2.05, 4.69) is 50.9 Å². The van der Waals surface area contributed by atoms with Crippen molar-refractivity contribution in [2.45, 2.75) is 30.2 Å². The van der Waals surface area contributed by atoms with Gasteiger partial charge in [0.15, 0.2) is 0 Å². The van der Waals surface area contributed by atoms with Crippen LogP contribution in [0, 0.1) is 5.92 Å². The summed E-state index contributed by atoms with van der Waals surface area (Å²) in [6.07, 6.45) is 6.93. The van der Waals surface area contributed by atoms with Gasteiger partial charge in [-0.3, -0.25) is 15.8 Å². The van der Waals surface area contributed by atoms with E-state index in [1.165, 1.54) is 22.7 Å². The summed E-state index contributed by atoms with van der Waals surface area (Å²) >= 11 is 0. The molecule has 5 rings (SSSR count). The first kappa shape index (κ1) is 19.7. The average molecular weight is 426 g/mol. The van der Waals surface area contributed by atoms with Crippen LogP contribution in [0.2, 0.25) is 0 Å². The molecule has 2 aliphatic heterocycles. The van der Waals surface area contributed by atoms with Gasteiger partial charge in [0.2, 0.25) is 10.0 Å². The van der Waals surface area contributed by atoms with E-state index in [0.29, 0.717) is 24.9 Å². The monoisotopic (exact) mass is 425 g/mol. The Bertz CT molecular complexity index is 1110. The molecule has 3 aromatic rings. The molecular weight excluding hydrogens is 398 g/mol. The molecule has 2 aromatic heterocycles. The van der Waals surface area contributed by atoms with Crippen LogP contribution in [0.5, 0.6) is 0 Å². The molecule has 0 saturated carbocycles. The molecule has 0 amide bonds. The second-order valence-electron chi connectivity index (χ2n) is 8.28. The molecular formula is C22H27N5O2S. The summed E-state index contributed by atoms with van der Waals surface area (Å²) in [5.41, 5.74) is 9.01. The molecule has 2 aliphatic rings. The van der Waals surface area contributed by atoms with Crippen molar-refractivity contribution >= 4 is 20.9 Å². The SMILES string of the molecule is O=S(=O)(c1cccnc1)N1CCC(Cn2ccc3cc(C4CNNC4)ccc32)CC1. The van der Waals surface area contributed by atoms with E-state index in [4.69, 9.17) is 0 Å². The Morgan fingerprint density at radius 1 is 1.07 bits per heavy atom. The lowest BCUT2D eigenvalue weighted by atomic mass is 9.97. The minimum atomic E-state index is -3.44. The summed E-state index contributed by atoms with van der Waals surface area (Å²) in [7, 11) is -3.44. The molecule has 4 heterocycles. The van der Waals surface area contributed by atoms with Crippen LogP contribution in [-0.2, 0) is 16.6 Å². The van der Waals surface area contributed by atoms with Gasteiger partial charge >= 0.3 is 0 Å². The predicted octanol–water partition coefficient (Wildman–Crippen LogP) is 2.33. The Labute approximate surface area is 177 Å². The van der Waals surface area contributed by atoms with E-state index in [9.17, 15) is 8.42 Å². The Hall–Kier alpha value is -2.26. The molecule has 2 fully saturated rings. The number of hydrazine groups is 1. The maximum atomic E-state index is 12.8. The predicted molar refractivity (Wildman–Crippen MR) is 116 cm³/mol. The minimum Gasteiger partial charge on any atom is -0.347 e. The number of hydrogen-bond acceptors (Lipinski definition) is 5. The molecule has 158 valence electrons. The number of pyridine rings is 1. The van der Waals surface area contributed by atoms with Crippen LogP contribution in [0.4, 0.5) is 0 Å². The second-order valence-corrected chi connectivity index (χ2v) is 10.2. The molecule has 0 radical (unpaired) electrons. The first-order chi connectivity index (χ1) is 14.6. The Balaban J connectivity index is 1.25. The van der Waals surface area contributed by atoms with Crippen LogP contribution in [0.1, 0.15) is 24.3 Å². The standard InChI is InChI=1S/C22H27N5O2S/c28-30(29,21-2-1-8-23-15-21)27-10-5-17(6-11-27)16-26-9-7-19-12-18(3-4-22(19)26)20-13-24-25-14-20/h1-4,7-9,12,15,17,20,24-25H,5-6,10-11,13-14,16H2. The van der Waals surface area contributed by atoms with Gasteiger partial charge in [0, 0.05) is 62.7 Å². The number of nitrogens with one attached hydrogen (secondary N) is 2. The highest BCUT2D eigenvalue weighted by Crippen LogP contribution is 2.28. The largest absolute Gasteiger partial charge is 0.347 e. The van der Waals surface area contributed by atoms with E-state index in [0.717, 1.165) is 32.5 Å². The van der Waals surface area contributed by atoms with E-state index in [1.54, 1.807) is 22.6 Å². The smallest absolute Gasteiger partial charge is 0.244 e. The minimum absolute atomic E-state index is 0.281. The maximum Gasteiger partial charge on any atom is 0.244 e. The number of benzene rings is 1. The van der Waals surface area contributed by atoms with Crippen molar-refractivity contribution in [3.05, 3.63) is 60.6 Å². The lowest BCUT2D eigenvalue weighted by molar-refractivity contribution is 0.254. The fourth-order valence-corrected chi connectivity index (χ4v) is 6.02. The van der Waals surface area contributed by atoms with Crippen LogP contribution < -0.4 is 10.9 Å². The van der Waals surface area contributed by atoms with Crippen molar-refractivity contribution in [2.24, 2.45) is 5.92 Å². The summed E-state index contributed by atoms with van der Waals surface area (Å²) in [4.78, 5) is 4.24. The zero-order valence-electron chi connectivity index (χ0n) is 16.9. The number of aromatic nitrogens is 2. The summed E-state index contributed by atoms with van der Waals surface area (Å²) in [6.45, 7) is 3.98. The van der Waals surface area contributed by atoms with Gasteiger partial charge < -0.3 is 4.57 Å². The van der Waals surface area contributed by atoms with Crippen molar-refractivity contribution < 1.29 is 8.42 Å². The second kappa shape index (κ2) is 8.11. The third-order valence-corrected chi connectivity index (χ3v) is 8.27. The number of rotatable bonds is 5. The fraction of sp³-hybridized carbons (Fsp3) is 0.409. The molecule has 2 N–H and O–H groups in total. The Morgan fingerprint density at radius 2 is 1.87 bits per heavy atom. The van der Waals surface area contributed by atoms with E-state index in [1.807, 2.05) is 0 Å². The lowest BCUT2D eigenvalue weighted by Gasteiger charge is -2.31. The highest BCUT2D eigenvalue weighted by atomic mass is 32.2. The molecule has 7 nitrogen and oxygen atoms in total. The summed E-state index contributed by atoms with van der Waals surface area (Å²) < 4.78 is 29.5. The van der Waals surface area contributed by atoms with E-state index >= 15 is 0 Å². The summed E-state index contributed by atoms with van der Waals surface area (Å²) in [6, 6.07) is 12.2. The molecule has 0 aliphatic carbocycles. The molecule has 1 aromatic carbocycles. The van der Waals surface area contributed by atoms with Gasteiger partial charge in [-0.15, -0.1) is 0 Å². The first-order valence-corrected chi connectivity index (χ1v) is 12.0. The molecule has 0 spiro atoms. The number of sulfonamides is 1. The number of hydrogen-bond donors (Lipinski definition) is 2. The molecule has 0 unspecified atom stereocenters. The average Bonchev–Trinajstić information content (AvgIpc) is 3.45. The van der Waals surface area contributed by atoms with Gasteiger partial charge in [-0.05, 0) is 60.0 Å². The summed E-state index contributed by atoms with van der Waals surface area (Å²) in [5.74, 6) is 0.993. The van der Waals surface area contributed by atoms with Crippen LogP contribution in [-0.4, -0.2) is 48.5 Å². The maximum absolute atomic E-state index is 12.8. The third kappa shape index (κ3) is 3.76. The third-order valence-electron chi connectivity index (χ3n) is 6.39. The number of nitrogens with zero attached hydrogens (tertiary/aromatic N) is 3. The normalized spacial score (nSPS) is 19.6. The molecule has 30 heavy (non-hydrogen) atoms. The zero-order valence-corrected chi connectivity index (χ0v) is 17.7. The lowest BCUT2D eigenvalue weighted by Crippen LogP contribution is -2.39. The molecule has 0 atom stereocenters. The van der Waals surface area contributed by atoms with Gasteiger partial charge in [0.1, 0.15) is 4.90 Å². The van der Waals surface area contributed by atoms with Crippen molar-refractivity contribution in [1.82, 2.24) is 24.7 Å². The van der Waals surface area contributed by atoms with Crippen molar-refractivity contribution in [3.8, 4) is 0 Å². The topological polar surface area (TPSA) is 79.3 Å². The highest BCUT2D eigenvalue weighted by molar-refractivity contribution is 7.89. The Kier molecular flexibility index (Phi) is 5.32. The van der Waals surface area contributed by atoms with Crippen LogP contribution in [0.15, 0.2) is 59.9 Å². The fourth-order valence-electron chi connectivity index (χ4n) is 4.59. The van der Waals surface area contributed by atoms with Crippen LogP contribution >= 0.6 is 0 Å². The van der Waals surface area contributed by atoms with Gasteiger partial charge in [0.25, 0.3) is 0 Å². The van der Waals surface area contributed by atoms with E-state index in [-0.39, 0.29) is 4.90 Å². The molecule has 0 bridgehead atoms. The van der Waals surface area contributed by atoms with E-state index < -0.39 is 10.0 Å². The van der Waals surface area contributed by atoms with Gasteiger partial charge in [-0.2, -0.15) is 4.31 Å². The van der Waals surface area contributed by atoms with Gasteiger partial charge in [-0.1, -0.05) is 6.07 Å². The Morgan fingerprint density at radius 3 is 2.60 bits per heavy atom. The number of piperidine rings is 1. The van der Waals surface area contributed by atoms with Crippen molar-refractivity contribution in [1.29, 1.82) is 0 Å². The van der Waals surface area contributed by atoms with Crippen LogP contribution in [0.25, 0.3) is 10.9 Å². The highest BCUT2D eigenvalue weighted by Gasteiger charge is 2.29. The molecule has 2 saturated heterocycles. The van der Waals surface area contributed by atoms with Crippen LogP contribution in [0.3, 0.4) is 0 Å². The van der Waals surface area contributed by atoms with Gasteiger partial charge in [0.05, 0.1) is 0 Å². The first-order valence-electron chi connectivity index (χ1n) is 10.6. The van der Waals surface area contributed by atoms with Crippen molar-refractivity contribution in [3.63, 3.8) is 0 Å². The number of fused-ring (bicyclic) bond motifs is 1. The van der Waals surface area contributed by atoms with Gasteiger partial charge in [-0.25, -0.2) is 8.42 Å². The van der Waals surface area contributed by atoms with Crippen molar-refractivity contribution in [2.75, 3.05) is 26.2 Å². The summed E-state index contributed by atoms with van der Waals surface area (Å²) in [5, 5.41) is 1.27. The molecule has 8 heteroatoms. The zero-order chi connectivity index (χ0) is 20.6. The quantitative estimate of drug-likeness (QED) is 0.656.